The molecular weight excluding hydrogens is 346 g/mol. The predicted octanol–water partition coefficient (Wildman–Crippen LogP) is 2.76. The van der Waals surface area contributed by atoms with Gasteiger partial charge in [-0.3, -0.25) is 4.79 Å². The summed E-state index contributed by atoms with van der Waals surface area (Å²) in [4.78, 5) is 17.8. The van der Waals surface area contributed by atoms with E-state index in [1.54, 1.807) is 12.5 Å². The van der Waals surface area contributed by atoms with Crippen molar-refractivity contribution in [2.45, 2.75) is 6.61 Å². The number of carboxylic acids is 1. The van der Waals surface area contributed by atoms with Crippen LogP contribution < -0.4 is 15.4 Å². The Morgan fingerprint density at radius 2 is 2.11 bits per heavy atom. The summed E-state index contributed by atoms with van der Waals surface area (Å²) in [6.45, 7) is 1.54. The summed E-state index contributed by atoms with van der Waals surface area (Å²) in [7, 11) is 1.50. The summed E-state index contributed by atoms with van der Waals surface area (Å²) in [5.74, 6) is -0.237. The van der Waals surface area contributed by atoms with Crippen molar-refractivity contribution in [2.24, 2.45) is 11.7 Å². The number of ether oxygens (including phenoxy) is 1. The van der Waals surface area contributed by atoms with Crippen LogP contribution in [-0.4, -0.2) is 36.2 Å². The predicted molar refractivity (Wildman–Crippen MR) is 102 cm³/mol. The van der Waals surface area contributed by atoms with Crippen LogP contribution in [0.25, 0.3) is 22.2 Å². The summed E-state index contributed by atoms with van der Waals surface area (Å²) in [5.41, 5.74) is 9.20. The number of aromatic nitrogens is 1. The average Bonchev–Trinajstić information content (AvgIpc) is 2.66. The minimum Gasteiger partial charge on any atom is -0.488 e. The molecule has 2 aliphatic heterocycles. The molecular formula is C20H20N3O4+. The Hall–Kier alpha value is -3.19. The minimum atomic E-state index is -0.735. The second kappa shape index (κ2) is 6.85. The van der Waals surface area contributed by atoms with E-state index in [9.17, 15) is 4.79 Å². The fourth-order valence-corrected chi connectivity index (χ4v) is 3.40. The number of nitrogens with zero attached hydrogens (tertiary/aromatic N) is 2. The van der Waals surface area contributed by atoms with E-state index < -0.39 is 5.97 Å². The molecule has 7 nitrogen and oxygen atoms in total. The molecule has 0 amide bonds. The van der Waals surface area contributed by atoms with Crippen molar-refractivity contribution < 1.29 is 19.1 Å². The van der Waals surface area contributed by atoms with Crippen LogP contribution in [0.3, 0.4) is 0 Å². The van der Waals surface area contributed by atoms with Crippen LogP contribution in [-0.2, 0) is 11.4 Å². The quantitative estimate of drug-likeness (QED) is 0.673. The molecule has 1 saturated heterocycles. The number of hydrogen-bond donors (Lipinski definition) is 2. The number of carbonyl (C=O) groups is 1. The number of anilines is 1. The molecule has 0 saturated carbocycles. The van der Waals surface area contributed by atoms with Crippen LogP contribution >= 0.6 is 0 Å². The lowest BCUT2D eigenvalue weighted by Crippen LogP contribution is -2.50. The van der Waals surface area contributed by atoms with Gasteiger partial charge in [0.25, 0.3) is 0 Å². The normalized spacial score (nSPS) is 15.0. The van der Waals surface area contributed by atoms with E-state index in [0.29, 0.717) is 19.7 Å². The number of fused-ring (bicyclic) bond motifs is 4. The van der Waals surface area contributed by atoms with Gasteiger partial charge < -0.3 is 20.5 Å². The molecule has 0 bridgehead atoms. The third-order valence-corrected chi connectivity index (χ3v) is 4.87. The first-order valence-corrected chi connectivity index (χ1v) is 8.71. The van der Waals surface area contributed by atoms with Crippen LogP contribution in [0.2, 0.25) is 0 Å². The molecule has 4 heterocycles. The Bertz CT molecular complexity index is 1020. The number of hydrogen-bond acceptors (Lipinski definition) is 5. The lowest BCUT2D eigenvalue weighted by molar-refractivity contribution is -0.142. The Balaban J connectivity index is 0.000000872. The van der Waals surface area contributed by atoms with Crippen LogP contribution in [0.4, 0.5) is 5.69 Å². The van der Waals surface area contributed by atoms with Gasteiger partial charge >= 0.3 is 18.5 Å². The third-order valence-electron chi connectivity index (χ3n) is 4.87. The number of nitrogens with two attached hydrogens (primary N) is 1. The van der Waals surface area contributed by atoms with Gasteiger partial charge in [-0.05, 0) is 25.2 Å². The fourth-order valence-electron chi connectivity index (χ4n) is 3.40. The van der Waals surface area contributed by atoms with Crippen molar-refractivity contribution in [3.63, 3.8) is 0 Å². The number of rotatable bonds is 2. The number of pyridine rings is 1. The number of benzene rings is 1. The maximum atomic E-state index is 11.0. The largest absolute Gasteiger partial charge is 0.488 e. The zero-order chi connectivity index (χ0) is 19.0. The molecule has 0 aliphatic carbocycles. The Kier molecular flexibility index (Phi) is 4.37. The lowest BCUT2D eigenvalue weighted by atomic mass is 9.97. The molecule has 5 rings (SSSR count). The van der Waals surface area contributed by atoms with E-state index in [1.807, 2.05) is 29.2 Å². The first-order valence-electron chi connectivity index (χ1n) is 8.71. The van der Waals surface area contributed by atoms with Gasteiger partial charge in [0.15, 0.2) is 5.52 Å². The number of carboxylic acid groups (broad SMARTS) is 1. The summed E-state index contributed by atoms with van der Waals surface area (Å²) in [5, 5.41) is 10.0. The molecule has 2 aliphatic rings. The first kappa shape index (κ1) is 17.2. The molecule has 3 N–H and O–H groups in total. The fraction of sp³-hybridized carbons (Fsp3) is 0.250. The smallest absolute Gasteiger partial charge is 0.343 e. The van der Waals surface area contributed by atoms with Gasteiger partial charge in [-0.1, -0.05) is 0 Å². The van der Waals surface area contributed by atoms with Crippen molar-refractivity contribution in [1.29, 1.82) is 0 Å². The topological polar surface area (TPSA) is 100.0 Å². The van der Waals surface area contributed by atoms with Gasteiger partial charge in [0, 0.05) is 47.4 Å². The van der Waals surface area contributed by atoms with Gasteiger partial charge in [0.05, 0.1) is 11.6 Å². The molecule has 0 unspecified atom stereocenters. The van der Waals surface area contributed by atoms with E-state index in [2.05, 4.69) is 11.8 Å². The van der Waals surface area contributed by atoms with Crippen molar-refractivity contribution in [3.8, 4) is 17.0 Å². The van der Waals surface area contributed by atoms with Gasteiger partial charge in [0.2, 0.25) is 0 Å². The second-order valence-corrected chi connectivity index (χ2v) is 6.44. The number of aliphatic carboxylic acids is 1. The maximum Gasteiger partial charge on any atom is 0.343 e. The molecule has 2 aromatic heterocycles. The van der Waals surface area contributed by atoms with Crippen LogP contribution in [0.5, 0.6) is 5.75 Å². The highest BCUT2D eigenvalue weighted by molar-refractivity contribution is 5.85. The SMILES string of the molecule is CN.O=C(O)C1CN(c2ccc3c(c2)OCc2cc4cc[o+]cc4nc2-3)C1. The minimum absolute atomic E-state index is 0.283. The van der Waals surface area contributed by atoms with E-state index in [-0.39, 0.29) is 5.92 Å². The lowest BCUT2D eigenvalue weighted by Gasteiger charge is -2.39. The van der Waals surface area contributed by atoms with Crippen LogP contribution in [0, 0.1) is 5.92 Å². The van der Waals surface area contributed by atoms with Crippen LogP contribution in [0.15, 0.2) is 47.3 Å². The molecule has 3 aromatic rings. The van der Waals surface area contributed by atoms with Gasteiger partial charge in [-0.25, -0.2) is 9.40 Å². The van der Waals surface area contributed by atoms with Crippen molar-refractivity contribution in [3.05, 3.63) is 48.4 Å². The zero-order valence-electron chi connectivity index (χ0n) is 14.9. The Morgan fingerprint density at radius 1 is 1.30 bits per heavy atom. The van der Waals surface area contributed by atoms with Crippen molar-refractivity contribution >= 4 is 22.6 Å². The highest BCUT2D eigenvalue weighted by Crippen LogP contribution is 2.40. The molecule has 138 valence electrons. The van der Waals surface area contributed by atoms with E-state index in [4.69, 9.17) is 19.2 Å². The van der Waals surface area contributed by atoms with E-state index in [0.717, 1.165) is 39.2 Å². The molecule has 0 atom stereocenters. The summed E-state index contributed by atoms with van der Waals surface area (Å²) < 4.78 is 11.1. The zero-order valence-corrected chi connectivity index (χ0v) is 14.9. The standard InChI is InChI=1S/C19H14N2O4.CH5N/c22-19(23)13-7-21(8-13)14-1-2-15-17(6-14)25-9-12-5-11-3-4-24-10-16(11)20-18(12)15;1-2/h1-6,10,13H,7-9H2;2H2,1H3/p+1. The van der Waals surface area contributed by atoms with Crippen molar-refractivity contribution in [2.75, 3.05) is 25.0 Å². The molecule has 0 spiro atoms. The van der Waals surface area contributed by atoms with Crippen molar-refractivity contribution in [1.82, 2.24) is 4.98 Å². The highest BCUT2D eigenvalue weighted by Gasteiger charge is 2.33. The average molecular weight is 366 g/mol. The molecule has 27 heavy (non-hydrogen) atoms. The van der Waals surface area contributed by atoms with Gasteiger partial charge in [0.1, 0.15) is 12.4 Å². The molecule has 0 radical (unpaired) electrons. The van der Waals surface area contributed by atoms with E-state index >= 15 is 0 Å². The molecule has 1 fully saturated rings. The summed E-state index contributed by atoms with van der Waals surface area (Å²) in [6, 6.07) is 9.94. The summed E-state index contributed by atoms with van der Waals surface area (Å²) >= 11 is 0. The first-order chi connectivity index (χ1) is 13.2. The Morgan fingerprint density at radius 3 is 2.89 bits per heavy atom. The Labute approximate surface area is 156 Å². The maximum absolute atomic E-state index is 11.0. The third kappa shape index (κ3) is 2.96. The van der Waals surface area contributed by atoms with Gasteiger partial charge in [-0.2, -0.15) is 0 Å². The highest BCUT2D eigenvalue weighted by atomic mass is 16.5. The second-order valence-electron chi connectivity index (χ2n) is 6.44. The molecule has 7 heteroatoms. The van der Waals surface area contributed by atoms with Crippen LogP contribution in [0.1, 0.15) is 5.56 Å². The van der Waals surface area contributed by atoms with Gasteiger partial charge in [-0.15, -0.1) is 0 Å². The summed E-state index contributed by atoms with van der Waals surface area (Å²) in [6.07, 6.45) is 3.28. The van der Waals surface area contributed by atoms with E-state index in [1.165, 1.54) is 7.05 Å². The monoisotopic (exact) mass is 366 g/mol. The molecule has 1 aromatic carbocycles.